The van der Waals surface area contributed by atoms with Gasteiger partial charge in [-0.2, -0.15) is 13.2 Å². The van der Waals surface area contributed by atoms with Gasteiger partial charge in [-0.15, -0.1) is 0 Å². The van der Waals surface area contributed by atoms with E-state index in [1.165, 1.54) is 13.8 Å². The number of fused-ring (bicyclic) bond motifs is 3. The number of benzene rings is 2. The number of carboxylic acid groups (broad SMARTS) is 1. The molecule has 2 aromatic carbocycles. The highest BCUT2D eigenvalue weighted by Crippen LogP contribution is 2.44. The molecule has 0 aliphatic heterocycles. The van der Waals surface area contributed by atoms with E-state index in [2.05, 4.69) is 0 Å². The number of alkyl carbamates (subject to hydrolysis) is 1. The summed E-state index contributed by atoms with van der Waals surface area (Å²) in [6.07, 6.45) is -6.52. The van der Waals surface area contributed by atoms with Crippen LogP contribution >= 0.6 is 0 Å². The number of alkyl halides is 3. The van der Waals surface area contributed by atoms with Crippen molar-refractivity contribution in [2.45, 2.75) is 44.8 Å². The average Bonchev–Trinajstić information content (AvgIpc) is 3.13. The van der Waals surface area contributed by atoms with E-state index in [4.69, 9.17) is 4.74 Å². The van der Waals surface area contributed by atoms with Crippen LogP contribution in [0.1, 0.15) is 44.2 Å². The Morgan fingerprint density at radius 1 is 0.971 bits per heavy atom. The van der Waals surface area contributed by atoms with Crippen molar-refractivity contribution in [3.63, 3.8) is 0 Å². The molecule has 2 amide bonds. The lowest BCUT2D eigenvalue weighted by Gasteiger charge is -2.33. The van der Waals surface area contributed by atoms with Gasteiger partial charge in [-0.1, -0.05) is 55.5 Å². The highest BCUT2D eigenvalue weighted by molar-refractivity contribution is 5.91. The molecular weight excluding hydrogens is 465 g/mol. The Kier molecular flexibility index (Phi) is 7.14. The van der Waals surface area contributed by atoms with Crippen molar-refractivity contribution in [2.75, 3.05) is 13.2 Å². The average molecular weight is 492 g/mol. The number of carbonyl (C=O) groups is 3. The maximum absolute atomic E-state index is 13.9. The lowest BCUT2D eigenvalue weighted by Crippen LogP contribution is -2.66. The molecule has 2 unspecified atom stereocenters. The van der Waals surface area contributed by atoms with Crippen LogP contribution in [0.4, 0.5) is 18.0 Å². The van der Waals surface area contributed by atoms with Crippen LogP contribution in [0.5, 0.6) is 0 Å². The zero-order valence-electron chi connectivity index (χ0n) is 19.5. The Hall–Kier alpha value is -3.56. The van der Waals surface area contributed by atoms with Gasteiger partial charge in [0.05, 0.1) is 5.41 Å². The summed E-state index contributed by atoms with van der Waals surface area (Å²) in [5.74, 6) is -3.22. The standard InChI is InChI=1S/C25H27F3N2O5/c1-4-23(2,21(32)33)14-29-20(31)24(3,25(26,27)28)30-22(34)35-13-19-17-11-7-5-9-15(17)16-10-6-8-12-18(16)19/h5-12,19H,4,13-14H2,1-3H3,(H,29,31)(H,30,34)(H,32,33). The third-order valence-electron chi connectivity index (χ3n) is 6.65. The van der Waals surface area contributed by atoms with E-state index in [0.717, 1.165) is 22.3 Å². The molecule has 0 bridgehead atoms. The summed E-state index contributed by atoms with van der Waals surface area (Å²) >= 11 is 0. The van der Waals surface area contributed by atoms with E-state index in [-0.39, 0.29) is 18.9 Å². The Labute approximate surface area is 200 Å². The van der Waals surface area contributed by atoms with Gasteiger partial charge in [0.1, 0.15) is 6.61 Å². The molecule has 188 valence electrons. The second-order valence-electron chi connectivity index (χ2n) is 8.98. The molecular formula is C25H27F3N2O5. The fourth-order valence-electron chi connectivity index (χ4n) is 3.90. The van der Waals surface area contributed by atoms with Gasteiger partial charge in [0, 0.05) is 12.5 Å². The van der Waals surface area contributed by atoms with Crippen LogP contribution in [0.2, 0.25) is 0 Å². The van der Waals surface area contributed by atoms with E-state index in [1.54, 1.807) is 5.32 Å². The van der Waals surface area contributed by atoms with Crippen molar-refractivity contribution < 1.29 is 37.4 Å². The Bertz CT molecular complexity index is 1090. The van der Waals surface area contributed by atoms with Gasteiger partial charge in [-0.3, -0.25) is 14.9 Å². The molecule has 0 heterocycles. The fourth-order valence-corrected chi connectivity index (χ4v) is 3.90. The first-order valence-corrected chi connectivity index (χ1v) is 11.1. The third-order valence-corrected chi connectivity index (χ3v) is 6.65. The van der Waals surface area contributed by atoms with E-state index >= 15 is 0 Å². The minimum atomic E-state index is -5.17. The third kappa shape index (κ3) is 4.96. The summed E-state index contributed by atoms with van der Waals surface area (Å²) in [7, 11) is 0. The highest BCUT2D eigenvalue weighted by Gasteiger charge is 2.58. The van der Waals surface area contributed by atoms with Crippen LogP contribution in [-0.2, 0) is 14.3 Å². The Morgan fingerprint density at radius 2 is 1.49 bits per heavy atom. The SMILES string of the molecule is CCC(C)(CNC(=O)C(C)(NC(=O)OCC1c2ccccc2-c2ccccc21)C(F)(F)F)C(=O)O. The molecule has 35 heavy (non-hydrogen) atoms. The predicted molar refractivity (Wildman–Crippen MR) is 122 cm³/mol. The molecule has 0 saturated carbocycles. The maximum Gasteiger partial charge on any atom is 0.420 e. The monoisotopic (exact) mass is 492 g/mol. The van der Waals surface area contributed by atoms with E-state index in [1.807, 2.05) is 53.8 Å². The van der Waals surface area contributed by atoms with Crippen molar-refractivity contribution in [1.82, 2.24) is 10.6 Å². The molecule has 0 aromatic heterocycles. The summed E-state index contributed by atoms with van der Waals surface area (Å²) in [5.41, 5.74) is -1.13. The molecule has 0 radical (unpaired) electrons. The van der Waals surface area contributed by atoms with E-state index in [0.29, 0.717) is 6.92 Å². The number of nitrogens with one attached hydrogen (secondary N) is 2. The van der Waals surface area contributed by atoms with Crippen LogP contribution in [-0.4, -0.2) is 47.9 Å². The van der Waals surface area contributed by atoms with Crippen molar-refractivity contribution in [2.24, 2.45) is 5.41 Å². The molecule has 1 aliphatic carbocycles. The highest BCUT2D eigenvalue weighted by atomic mass is 19.4. The molecule has 0 saturated heterocycles. The second-order valence-corrected chi connectivity index (χ2v) is 8.98. The number of ether oxygens (including phenoxy) is 1. The molecule has 2 atom stereocenters. The molecule has 7 nitrogen and oxygen atoms in total. The predicted octanol–water partition coefficient (Wildman–Crippen LogP) is 4.46. The summed E-state index contributed by atoms with van der Waals surface area (Å²) in [6, 6.07) is 14.9. The van der Waals surface area contributed by atoms with Crippen LogP contribution in [0.25, 0.3) is 11.1 Å². The lowest BCUT2D eigenvalue weighted by molar-refractivity contribution is -0.194. The number of rotatable bonds is 8. The summed E-state index contributed by atoms with van der Waals surface area (Å²) in [6.45, 7) is 2.57. The molecule has 1 aliphatic rings. The zero-order valence-corrected chi connectivity index (χ0v) is 19.5. The van der Waals surface area contributed by atoms with Gasteiger partial charge >= 0.3 is 18.2 Å². The number of aliphatic carboxylic acids is 1. The van der Waals surface area contributed by atoms with Gasteiger partial charge < -0.3 is 15.2 Å². The second kappa shape index (κ2) is 9.59. The number of hydrogen-bond donors (Lipinski definition) is 3. The minimum Gasteiger partial charge on any atom is -0.481 e. The first-order valence-electron chi connectivity index (χ1n) is 11.1. The number of halogens is 3. The summed E-state index contributed by atoms with van der Waals surface area (Å²) < 4.78 is 46.8. The van der Waals surface area contributed by atoms with Crippen LogP contribution in [0.3, 0.4) is 0 Å². The van der Waals surface area contributed by atoms with Crippen molar-refractivity contribution in [3.8, 4) is 11.1 Å². The number of carboxylic acids is 1. The van der Waals surface area contributed by atoms with Gasteiger partial charge in [-0.25, -0.2) is 4.79 Å². The summed E-state index contributed by atoms with van der Waals surface area (Å²) in [4.78, 5) is 36.4. The van der Waals surface area contributed by atoms with E-state index < -0.39 is 41.6 Å². The smallest absolute Gasteiger partial charge is 0.420 e. The van der Waals surface area contributed by atoms with Crippen LogP contribution in [0, 0.1) is 5.41 Å². The first-order chi connectivity index (χ1) is 16.3. The number of hydrogen-bond acceptors (Lipinski definition) is 4. The van der Waals surface area contributed by atoms with Crippen LogP contribution in [0.15, 0.2) is 48.5 Å². The molecule has 0 spiro atoms. The van der Waals surface area contributed by atoms with Gasteiger partial charge in [0.2, 0.25) is 5.54 Å². The number of carbonyl (C=O) groups excluding carboxylic acids is 2. The molecule has 2 aromatic rings. The molecule has 3 N–H and O–H groups in total. The Morgan fingerprint density at radius 3 is 1.94 bits per heavy atom. The van der Waals surface area contributed by atoms with Gasteiger partial charge in [0.15, 0.2) is 0 Å². The fraction of sp³-hybridized carbons (Fsp3) is 0.400. The zero-order chi connectivity index (χ0) is 26.0. The maximum atomic E-state index is 13.9. The number of amides is 2. The van der Waals surface area contributed by atoms with Gasteiger partial charge in [-0.05, 0) is 42.5 Å². The summed E-state index contributed by atoms with van der Waals surface area (Å²) in [5, 5.41) is 13.0. The first kappa shape index (κ1) is 26.1. The lowest BCUT2D eigenvalue weighted by atomic mass is 9.87. The van der Waals surface area contributed by atoms with Crippen molar-refractivity contribution in [1.29, 1.82) is 0 Å². The molecule has 0 fully saturated rings. The molecule has 10 heteroatoms. The quantitative estimate of drug-likeness (QED) is 0.505. The van der Waals surface area contributed by atoms with Crippen molar-refractivity contribution in [3.05, 3.63) is 59.7 Å². The topological polar surface area (TPSA) is 105 Å². The van der Waals surface area contributed by atoms with Crippen LogP contribution < -0.4 is 10.6 Å². The van der Waals surface area contributed by atoms with Crippen molar-refractivity contribution >= 4 is 18.0 Å². The minimum absolute atomic E-state index is 0.0746. The van der Waals surface area contributed by atoms with E-state index in [9.17, 15) is 32.7 Å². The largest absolute Gasteiger partial charge is 0.481 e. The Balaban J connectivity index is 1.73. The van der Waals surface area contributed by atoms with Gasteiger partial charge in [0.25, 0.3) is 5.91 Å². The molecule has 3 rings (SSSR count). The normalized spacial score (nSPS) is 16.3.